The highest BCUT2D eigenvalue weighted by molar-refractivity contribution is 5.95. The molecule has 7 nitrogen and oxygen atoms in total. The van der Waals surface area contributed by atoms with Gasteiger partial charge in [0.2, 0.25) is 0 Å². The molecular weight excluding hydrogens is 308 g/mol. The molecule has 0 aliphatic carbocycles. The first-order chi connectivity index (χ1) is 11.7. The number of ether oxygens (including phenoxy) is 1. The number of hydrogen-bond acceptors (Lipinski definition) is 5. The molecule has 0 atom stereocenters. The number of amides is 1. The van der Waals surface area contributed by atoms with Crippen LogP contribution in [0.5, 0.6) is 0 Å². The van der Waals surface area contributed by atoms with Crippen LogP contribution in [-0.2, 0) is 29.0 Å². The van der Waals surface area contributed by atoms with Crippen molar-refractivity contribution in [2.45, 2.75) is 19.5 Å². The number of nitrogens with one attached hydrogen (secondary N) is 2. The maximum atomic E-state index is 12.4. The van der Waals surface area contributed by atoms with Crippen molar-refractivity contribution in [1.29, 1.82) is 0 Å². The predicted molar refractivity (Wildman–Crippen MR) is 87.5 cm³/mol. The summed E-state index contributed by atoms with van der Waals surface area (Å²) in [5.41, 5.74) is 3.47. The monoisotopic (exact) mass is 328 g/mol. The van der Waals surface area contributed by atoms with Gasteiger partial charge in [-0.3, -0.25) is 14.3 Å². The number of carbonyl (C=O) groups excluding carboxylic acids is 2. The lowest BCUT2D eigenvalue weighted by molar-refractivity contribution is -0.139. The summed E-state index contributed by atoms with van der Waals surface area (Å²) in [6, 6.07) is 10.0. The third-order valence-electron chi connectivity index (χ3n) is 4.02. The molecule has 1 aliphatic heterocycles. The van der Waals surface area contributed by atoms with E-state index in [1.807, 2.05) is 35.0 Å². The molecule has 1 aromatic carbocycles. The Hall–Kier alpha value is -2.67. The molecule has 1 aliphatic rings. The van der Waals surface area contributed by atoms with Gasteiger partial charge in [-0.1, -0.05) is 30.3 Å². The van der Waals surface area contributed by atoms with Gasteiger partial charge < -0.3 is 15.4 Å². The fraction of sp³-hybridized carbons (Fsp3) is 0.353. The van der Waals surface area contributed by atoms with E-state index in [1.54, 1.807) is 0 Å². The minimum absolute atomic E-state index is 0.164. The molecule has 0 unspecified atom stereocenters. The summed E-state index contributed by atoms with van der Waals surface area (Å²) in [6.07, 6.45) is 0.819. The number of fused-ring (bicyclic) bond motifs is 1. The van der Waals surface area contributed by atoms with Crippen LogP contribution in [0, 0.1) is 0 Å². The largest absolute Gasteiger partial charge is 0.468 e. The van der Waals surface area contributed by atoms with Crippen LogP contribution in [0.2, 0.25) is 0 Å². The molecule has 3 rings (SSSR count). The van der Waals surface area contributed by atoms with Crippen molar-refractivity contribution in [1.82, 2.24) is 20.4 Å². The molecule has 1 aromatic heterocycles. The van der Waals surface area contributed by atoms with Crippen molar-refractivity contribution in [3.8, 4) is 0 Å². The van der Waals surface area contributed by atoms with E-state index >= 15 is 0 Å². The normalized spacial score (nSPS) is 13.2. The first kappa shape index (κ1) is 16.2. The molecule has 2 heterocycles. The van der Waals surface area contributed by atoms with Gasteiger partial charge in [0, 0.05) is 30.8 Å². The summed E-state index contributed by atoms with van der Waals surface area (Å²) in [6.45, 7) is 1.92. The lowest BCUT2D eigenvalue weighted by atomic mass is 10.1. The molecular formula is C17H20N4O3. The number of rotatable bonds is 5. The summed E-state index contributed by atoms with van der Waals surface area (Å²) in [5, 5.41) is 10.3. The highest BCUT2D eigenvalue weighted by atomic mass is 16.5. The lowest BCUT2D eigenvalue weighted by Gasteiger charge is -2.15. The summed E-state index contributed by atoms with van der Waals surface area (Å²) >= 11 is 0. The summed E-state index contributed by atoms with van der Waals surface area (Å²) in [4.78, 5) is 23.6. The molecule has 0 saturated carbocycles. The first-order valence-electron chi connectivity index (χ1n) is 7.87. The van der Waals surface area contributed by atoms with Crippen LogP contribution >= 0.6 is 0 Å². The Morgan fingerprint density at radius 3 is 2.88 bits per heavy atom. The second-order valence-corrected chi connectivity index (χ2v) is 5.60. The van der Waals surface area contributed by atoms with Crippen molar-refractivity contribution in [2.75, 3.05) is 20.2 Å². The molecule has 0 saturated heterocycles. The van der Waals surface area contributed by atoms with Gasteiger partial charge in [0.25, 0.3) is 5.91 Å². The van der Waals surface area contributed by atoms with Crippen molar-refractivity contribution in [3.05, 3.63) is 52.8 Å². The Morgan fingerprint density at radius 1 is 1.33 bits per heavy atom. The van der Waals surface area contributed by atoms with Gasteiger partial charge in [-0.2, -0.15) is 5.10 Å². The summed E-state index contributed by atoms with van der Waals surface area (Å²) in [5.74, 6) is -0.841. The van der Waals surface area contributed by atoms with Crippen molar-refractivity contribution in [2.24, 2.45) is 0 Å². The maximum absolute atomic E-state index is 12.4. The first-order valence-corrected chi connectivity index (χ1v) is 7.87. The second kappa shape index (κ2) is 7.27. The van der Waals surface area contributed by atoms with Crippen LogP contribution in [0.15, 0.2) is 30.3 Å². The van der Waals surface area contributed by atoms with Crippen LogP contribution in [-0.4, -0.2) is 41.9 Å². The van der Waals surface area contributed by atoms with Crippen LogP contribution in [0.25, 0.3) is 0 Å². The number of esters is 1. The van der Waals surface area contributed by atoms with Crippen LogP contribution in [0.3, 0.4) is 0 Å². The molecule has 126 valence electrons. The molecule has 24 heavy (non-hydrogen) atoms. The van der Waals surface area contributed by atoms with E-state index in [-0.39, 0.29) is 12.5 Å². The Morgan fingerprint density at radius 2 is 2.12 bits per heavy atom. The number of aromatic nitrogens is 2. The zero-order valence-electron chi connectivity index (χ0n) is 13.5. The third kappa shape index (κ3) is 3.46. The maximum Gasteiger partial charge on any atom is 0.325 e. The van der Waals surface area contributed by atoms with Gasteiger partial charge in [-0.25, -0.2) is 0 Å². The van der Waals surface area contributed by atoms with Gasteiger partial charge in [-0.15, -0.1) is 0 Å². The van der Waals surface area contributed by atoms with Crippen molar-refractivity contribution >= 4 is 11.9 Å². The molecule has 2 aromatic rings. The third-order valence-corrected chi connectivity index (χ3v) is 4.02. The van der Waals surface area contributed by atoms with E-state index in [9.17, 15) is 9.59 Å². The standard InChI is InChI=1S/C17H20N4O3/c1-24-15(22)10-19-17(23)16-13-9-18-8-7-14(13)21(20-16)11-12-5-3-2-4-6-12/h2-6,18H,7-11H2,1H3,(H,19,23). The van der Waals surface area contributed by atoms with E-state index < -0.39 is 5.97 Å². The average molecular weight is 328 g/mol. The molecule has 0 fully saturated rings. The number of benzene rings is 1. The second-order valence-electron chi connectivity index (χ2n) is 5.60. The van der Waals surface area contributed by atoms with Gasteiger partial charge in [0.15, 0.2) is 5.69 Å². The van der Waals surface area contributed by atoms with Crippen molar-refractivity contribution < 1.29 is 14.3 Å². The van der Waals surface area contributed by atoms with Gasteiger partial charge in [-0.05, 0) is 5.56 Å². The van der Waals surface area contributed by atoms with Crippen LogP contribution in [0.1, 0.15) is 27.3 Å². The molecule has 0 bridgehead atoms. The number of hydrogen-bond donors (Lipinski definition) is 2. The minimum atomic E-state index is -0.487. The Balaban J connectivity index is 1.84. The van der Waals surface area contributed by atoms with Gasteiger partial charge in [0.05, 0.1) is 13.7 Å². The minimum Gasteiger partial charge on any atom is -0.468 e. The molecule has 0 radical (unpaired) electrons. The zero-order valence-corrected chi connectivity index (χ0v) is 13.5. The van der Waals surface area contributed by atoms with Crippen LogP contribution < -0.4 is 10.6 Å². The van der Waals surface area contributed by atoms with E-state index in [0.29, 0.717) is 18.8 Å². The van der Waals surface area contributed by atoms with E-state index in [0.717, 1.165) is 29.8 Å². The molecule has 7 heteroatoms. The topological polar surface area (TPSA) is 85.2 Å². The predicted octanol–water partition coefficient (Wildman–Crippen LogP) is 0.480. The zero-order chi connectivity index (χ0) is 16.9. The highest BCUT2D eigenvalue weighted by Crippen LogP contribution is 2.19. The molecule has 1 amide bonds. The molecule has 2 N–H and O–H groups in total. The quantitative estimate of drug-likeness (QED) is 0.780. The molecule has 0 spiro atoms. The van der Waals surface area contributed by atoms with E-state index in [4.69, 9.17) is 0 Å². The summed E-state index contributed by atoms with van der Waals surface area (Å²) < 4.78 is 6.43. The number of carbonyl (C=O) groups is 2. The van der Waals surface area contributed by atoms with Crippen molar-refractivity contribution in [3.63, 3.8) is 0 Å². The SMILES string of the molecule is COC(=O)CNC(=O)c1nn(Cc2ccccc2)c2c1CNCC2. The number of methoxy groups -OCH3 is 1. The highest BCUT2D eigenvalue weighted by Gasteiger charge is 2.25. The van der Waals surface area contributed by atoms with E-state index in [2.05, 4.69) is 20.5 Å². The fourth-order valence-corrected chi connectivity index (χ4v) is 2.80. The Kier molecular flexibility index (Phi) is 4.90. The lowest BCUT2D eigenvalue weighted by Crippen LogP contribution is -2.32. The smallest absolute Gasteiger partial charge is 0.325 e. The van der Waals surface area contributed by atoms with Gasteiger partial charge in [0.1, 0.15) is 6.54 Å². The van der Waals surface area contributed by atoms with Crippen LogP contribution in [0.4, 0.5) is 0 Å². The fourth-order valence-electron chi connectivity index (χ4n) is 2.80. The number of nitrogens with zero attached hydrogens (tertiary/aromatic N) is 2. The van der Waals surface area contributed by atoms with E-state index in [1.165, 1.54) is 7.11 Å². The average Bonchev–Trinajstić information content (AvgIpc) is 2.99. The van der Waals surface area contributed by atoms with Gasteiger partial charge >= 0.3 is 5.97 Å². The Bertz CT molecular complexity index is 740. The Labute approximate surface area is 140 Å². The summed E-state index contributed by atoms with van der Waals surface area (Å²) in [7, 11) is 1.29.